The Morgan fingerprint density at radius 3 is 2.47 bits per heavy atom. The molecule has 6 N–H and O–H groups in total. The molecule has 1 saturated heterocycles. The Kier molecular flexibility index (Phi) is 6.15. The molecule has 0 bridgehead atoms. The van der Waals surface area contributed by atoms with E-state index >= 15 is 0 Å². The maximum absolute atomic E-state index is 12.8. The van der Waals surface area contributed by atoms with Crippen LogP contribution in [0.25, 0.3) is 10.9 Å². The van der Waals surface area contributed by atoms with Crippen LogP contribution in [-0.4, -0.2) is 93.9 Å². The van der Waals surface area contributed by atoms with Crippen molar-refractivity contribution in [2.24, 2.45) is 5.73 Å². The SMILES string of the molecule is CN1CCN(C(=O)C(=O)c2c[nH]c3c(NC(=O)C(O)C(N)C(=O)O)cccc23)CC1. The number of H-pyrrole nitrogens is 1. The van der Waals surface area contributed by atoms with Crippen LogP contribution in [0.1, 0.15) is 10.4 Å². The van der Waals surface area contributed by atoms with Gasteiger partial charge in [0, 0.05) is 37.8 Å². The number of carbonyl (C=O) groups is 4. The topological polar surface area (TPSA) is 169 Å². The zero-order valence-electron chi connectivity index (χ0n) is 16.3. The summed E-state index contributed by atoms with van der Waals surface area (Å²) in [5.41, 5.74) is 6.00. The fourth-order valence-corrected chi connectivity index (χ4v) is 3.22. The highest BCUT2D eigenvalue weighted by Gasteiger charge is 2.30. The van der Waals surface area contributed by atoms with E-state index in [4.69, 9.17) is 10.8 Å². The van der Waals surface area contributed by atoms with Crippen molar-refractivity contribution in [3.8, 4) is 0 Å². The first-order valence-corrected chi connectivity index (χ1v) is 9.30. The monoisotopic (exact) mass is 417 g/mol. The summed E-state index contributed by atoms with van der Waals surface area (Å²) >= 11 is 0. The van der Waals surface area contributed by atoms with Gasteiger partial charge in [0.15, 0.2) is 6.10 Å². The maximum atomic E-state index is 12.8. The van der Waals surface area contributed by atoms with Gasteiger partial charge in [-0.05, 0) is 13.1 Å². The van der Waals surface area contributed by atoms with Gasteiger partial charge in [-0.25, -0.2) is 0 Å². The number of carboxylic acid groups (broad SMARTS) is 1. The molecule has 1 aliphatic rings. The number of fused-ring (bicyclic) bond motifs is 1. The lowest BCUT2D eigenvalue weighted by atomic mass is 10.1. The van der Waals surface area contributed by atoms with Crippen LogP contribution in [0, 0.1) is 0 Å². The van der Waals surface area contributed by atoms with Gasteiger partial charge in [0.25, 0.3) is 17.6 Å². The number of anilines is 1. The summed E-state index contributed by atoms with van der Waals surface area (Å²) < 4.78 is 0. The molecule has 0 saturated carbocycles. The molecule has 0 spiro atoms. The second kappa shape index (κ2) is 8.61. The van der Waals surface area contributed by atoms with E-state index in [9.17, 15) is 24.3 Å². The van der Waals surface area contributed by atoms with Crippen LogP contribution < -0.4 is 11.1 Å². The van der Waals surface area contributed by atoms with Gasteiger partial charge >= 0.3 is 5.97 Å². The van der Waals surface area contributed by atoms with Crippen molar-refractivity contribution in [1.29, 1.82) is 0 Å². The number of rotatable bonds is 6. The standard InChI is InChI=1S/C19H23N5O6/c1-23-5-7-24(8-6-23)18(28)15(25)11-9-21-14-10(11)3-2-4-12(14)22-17(27)16(26)13(20)19(29)30/h2-4,9,13,16,21,26H,5-8,20H2,1H3,(H,22,27)(H,29,30). The van der Waals surface area contributed by atoms with Crippen molar-refractivity contribution in [1.82, 2.24) is 14.8 Å². The molecule has 11 heteroatoms. The quantitative estimate of drug-likeness (QED) is 0.289. The lowest BCUT2D eigenvalue weighted by Crippen LogP contribution is -2.49. The van der Waals surface area contributed by atoms with Crippen LogP contribution in [0.15, 0.2) is 24.4 Å². The number of hydrogen-bond donors (Lipinski definition) is 5. The number of hydrogen-bond acceptors (Lipinski definition) is 7. The Morgan fingerprint density at radius 1 is 1.17 bits per heavy atom. The number of ketones is 1. The van der Waals surface area contributed by atoms with Gasteiger partial charge in [0.1, 0.15) is 6.04 Å². The average Bonchev–Trinajstić information content (AvgIpc) is 3.17. The van der Waals surface area contributed by atoms with Crippen molar-refractivity contribution in [3.05, 3.63) is 30.0 Å². The van der Waals surface area contributed by atoms with Gasteiger partial charge in [0.05, 0.1) is 16.8 Å². The molecule has 0 aliphatic carbocycles. The van der Waals surface area contributed by atoms with Crippen molar-refractivity contribution in [3.63, 3.8) is 0 Å². The number of nitrogens with two attached hydrogens (primary N) is 1. The van der Waals surface area contributed by atoms with Gasteiger partial charge < -0.3 is 36.0 Å². The minimum Gasteiger partial charge on any atom is -0.480 e. The Hall–Kier alpha value is -3.28. The van der Waals surface area contributed by atoms with Gasteiger partial charge in [-0.15, -0.1) is 0 Å². The molecule has 2 amide bonds. The van der Waals surface area contributed by atoms with E-state index in [1.165, 1.54) is 17.2 Å². The third-order valence-corrected chi connectivity index (χ3v) is 5.10. The van der Waals surface area contributed by atoms with Crippen LogP contribution in [0.2, 0.25) is 0 Å². The number of aromatic amines is 1. The molecule has 1 fully saturated rings. The van der Waals surface area contributed by atoms with Gasteiger partial charge in [-0.3, -0.25) is 19.2 Å². The van der Waals surface area contributed by atoms with E-state index in [0.29, 0.717) is 37.1 Å². The predicted molar refractivity (Wildman–Crippen MR) is 107 cm³/mol. The van der Waals surface area contributed by atoms with Crippen LogP contribution in [-0.2, 0) is 14.4 Å². The van der Waals surface area contributed by atoms with Crippen molar-refractivity contribution >= 4 is 40.2 Å². The second-order valence-corrected chi connectivity index (χ2v) is 7.15. The number of aliphatic carboxylic acids is 1. The lowest BCUT2D eigenvalue weighted by Gasteiger charge is -2.31. The molecule has 2 unspecified atom stereocenters. The van der Waals surface area contributed by atoms with E-state index in [1.54, 1.807) is 12.1 Å². The highest BCUT2D eigenvalue weighted by atomic mass is 16.4. The smallest absolute Gasteiger partial charge is 0.323 e. The van der Waals surface area contributed by atoms with E-state index in [0.717, 1.165) is 0 Å². The number of benzene rings is 1. The molecule has 0 radical (unpaired) electrons. The predicted octanol–water partition coefficient (Wildman–Crippen LogP) is -1.16. The average molecular weight is 417 g/mol. The number of likely N-dealkylation sites (N-methyl/N-ethyl adjacent to an activating group) is 1. The maximum Gasteiger partial charge on any atom is 0.323 e. The number of carbonyl (C=O) groups excluding carboxylic acids is 3. The summed E-state index contributed by atoms with van der Waals surface area (Å²) in [6.07, 6.45) is -0.580. The minimum atomic E-state index is -1.97. The number of Topliss-reactive ketones (excluding diaryl/α,β-unsaturated/α-hetero) is 1. The number of nitrogens with zero attached hydrogens (tertiary/aromatic N) is 2. The third-order valence-electron chi connectivity index (χ3n) is 5.10. The second-order valence-electron chi connectivity index (χ2n) is 7.15. The minimum absolute atomic E-state index is 0.160. The molecule has 1 aromatic carbocycles. The van der Waals surface area contributed by atoms with Crippen LogP contribution in [0.4, 0.5) is 5.69 Å². The number of para-hydroxylation sites is 1. The van der Waals surface area contributed by atoms with Crippen molar-refractivity contribution in [2.75, 3.05) is 38.5 Å². The molecule has 2 heterocycles. The van der Waals surface area contributed by atoms with E-state index in [2.05, 4.69) is 15.2 Å². The zero-order chi connectivity index (χ0) is 22.0. The highest BCUT2D eigenvalue weighted by Crippen LogP contribution is 2.26. The molecule has 2 atom stereocenters. The van der Waals surface area contributed by atoms with Crippen LogP contribution in [0.5, 0.6) is 0 Å². The molecular weight excluding hydrogens is 394 g/mol. The number of carboxylic acids is 1. The molecular formula is C19H23N5O6. The number of piperazine rings is 1. The Balaban J connectivity index is 1.81. The molecule has 1 aromatic heterocycles. The largest absolute Gasteiger partial charge is 0.480 e. The normalized spacial score (nSPS) is 16.8. The van der Waals surface area contributed by atoms with Crippen LogP contribution in [0.3, 0.4) is 0 Å². The summed E-state index contributed by atoms with van der Waals surface area (Å²) in [6.45, 7) is 2.30. The fraction of sp³-hybridized carbons (Fsp3) is 0.368. The molecule has 11 nitrogen and oxygen atoms in total. The highest BCUT2D eigenvalue weighted by molar-refractivity contribution is 6.45. The first kappa shape index (κ1) is 21.4. The first-order chi connectivity index (χ1) is 14.2. The van der Waals surface area contributed by atoms with Gasteiger partial charge in [0.2, 0.25) is 0 Å². The molecule has 2 aromatic rings. The number of aromatic nitrogens is 1. The molecule has 160 valence electrons. The van der Waals surface area contributed by atoms with E-state index in [-0.39, 0.29) is 11.3 Å². The number of aliphatic hydroxyl groups excluding tert-OH is 1. The molecule has 3 rings (SSSR count). The summed E-state index contributed by atoms with van der Waals surface area (Å²) in [7, 11) is 1.94. The Labute approximate surface area is 171 Å². The first-order valence-electron chi connectivity index (χ1n) is 9.30. The fourth-order valence-electron chi connectivity index (χ4n) is 3.22. The van der Waals surface area contributed by atoms with Crippen molar-refractivity contribution < 1.29 is 29.4 Å². The van der Waals surface area contributed by atoms with Crippen molar-refractivity contribution in [2.45, 2.75) is 12.1 Å². The van der Waals surface area contributed by atoms with Crippen LogP contribution >= 0.6 is 0 Å². The number of nitrogens with one attached hydrogen (secondary N) is 2. The zero-order valence-corrected chi connectivity index (χ0v) is 16.3. The lowest BCUT2D eigenvalue weighted by molar-refractivity contribution is -0.144. The third kappa shape index (κ3) is 4.17. The number of aliphatic hydroxyl groups is 1. The number of amides is 2. The molecule has 30 heavy (non-hydrogen) atoms. The Morgan fingerprint density at radius 2 is 1.83 bits per heavy atom. The Bertz CT molecular complexity index is 994. The van der Waals surface area contributed by atoms with E-state index in [1.807, 2.05) is 7.05 Å². The summed E-state index contributed by atoms with van der Waals surface area (Å²) in [5.74, 6) is -3.79. The van der Waals surface area contributed by atoms with Gasteiger partial charge in [-0.2, -0.15) is 0 Å². The van der Waals surface area contributed by atoms with Gasteiger partial charge in [-0.1, -0.05) is 12.1 Å². The molecule has 1 aliphatic heterocycles. The summed E-state index contributed by atoms with van der Waals surface area (Å²) in [6, 6.07) is 2.90. The summed E-state index contributed by atoms with van der Waals surface area (Å²) in [5, 5.41) is 21.4. The summed E-state index contributed by atoms with van der Waals surface area (Å²) in [4.78, 5) is 54.8. The van der Waals surface area contributed by atoms with E-state index < -0.39 is 35.7 Å².